The number of carbonyl (C=O) groups excluding carboxylic acids is 2. The summed E-state index contributed by atoms with van der Waals surface area (Å²) in [7, 11) is 2.82. The predicted octanol–water partition coefficient (Wildman–Crippen LogP) is 5.41. The number of nitrogens with one attached hydrogen (secondary N) is 1. The molecule has 1 heterocycles. The van der Waals surface area contributed by atoms with Crippen LogP contribution in [0.15, 0.2) is 53.7 Å². The molecule has 0 radical (unpaired) electrons. The van der Waals surface area contributed by atoms with E-state index in [1.165, 1.54) is 32.4 Å². The van der Waals surface area contributed by atoms with E-state index < -0.39 is 23.5 Å². The molecule has 1 amide bonds. The topological polar surface area (TPSA) is 67.9 Å². The van der Waals surface area contributed by atoms with Gasteiger partial charge in [0.15, 0.2) is 5.78 Å². The molecule has 1 aliphatic heterocycles. The Kier molecular flexibility index (Phi) is 5.83. The second-order valence-electron chi connectivity index (χ2n) is 9.16. The zero-order valence-corrected chi connectivity index (χ0v) is 19.2. The van der Waals surface area contributed by atoms with Crippen molar-refractivity contribution in [3.63, 3.8) is 0 Å². The van der Waals surface area contributed by atoms with Crippen LogP contribution in [0.5, 0.6) is 11.5 Å². The fraction of sp³-hybridized carbons (Fsp3) is 0.360. The van der Waals surface area contributed by atoms with Gasteiger partial charge in [-0.15, -0.1) is 0 Å². The fourth-order valence-electron chi connectivity index (χ4n) is 4.69. The van der Waals surface area contributed by atoms with E-state index in [0.29, 0.717) is 28.5 Å². The van der Waals surface area contributed by atoms with E-state index in [1.54, 1.807) is 24.3 Å². The number of methoxy groups -OCH3 is 2. The van der Waals surface area contributed by atoms with Crippen LogP contribution >= 0.6 is 0 Å². The molecule has 1 N–H and O–H groups in total. The molecule has 2 aliphatic rings. The number of carbonyl (C=O) groups is 2. The van der Waals surface area contributed by atoms with Crippen LogP contribution in [0.3, 0.4) is 0 Å². The molecule has 0 bridgehead atoms. The van der Waals surface area contributed by atoms with Crippen molar-refractivity contribution in [2.75, 3.05) is 24.4 Å². The molecule has 0 aromatic heterocycles. The average Bonchev–Trinajstić information content (AvgIpc) is 2.90. The molecular formula is C25H25F3N2O4. The quantitative estimate of drug-likeness (QED) is 0.645. The van der Waals surface area contributed by atoms with E-state index in [9.17, 15) is 22.8 Å². The normalized spacial score (nSPS) is 19.6. The molecule has 2 aromatic rings. The van der Waals surface area contributed by atoms with Crippen LogP contribution in [0.4, 0.5) is 24.5 Å². The van der Waals surface area contributed by atoms with Gasteiger partial charge in [0.05, 0.1) is 31.6 Å². The minimum Gasteiger partial charge on any atom is -0.497 e. The van der Waals surface area contributed by atoms with E-state index in [1.807, 2.05) is 13.8 Å². The number of nitrogens with zero attached hydrogens (tertiary/aromatic N) is 1. The van der Waals surface area contributed by atoms with Crippen LogP contribution in [0.25, 0.3) is 0 Å². The molecule has 0 fully saturated rings. The van der Waals surface area contributed by atoms with Gasteiger partial charge in [-0.1, -0.05) is 26.0 Å². The first kappa shape index (κ1) is 23.7. The van der Waals surface area contributed by atoms with Crippen molar-refractivity contribution >= 4 is 23.1 Å². The highest BCUT2D eigenvalue weighted by Gasteiger charge is 2.51. The number of hydrogen-bond donors (Lipinski definition) is 1. The summed E-state index contributed by atoms with van der Waals surface area (Å²) in [6, 6.07) is 9.50. The highest BCUT2D eigenvalue weighted by atomic mass is 19.4. The second kappa shape index (κ2) is 8.38. The lowest BCUT2D eigenvalue weighted by atomic mass is 9.73. The minimum absolute atomic E-state index is 0.0210. The van der Waals surface area contributed by atoms with Gasteiger partial charge in [0, 0.05) is 29.3 Å². The Morgan fingerprint density at radius 2 is 1.79 bits per heavy atom. The molecule has 1 aliphatic carbocycles. The Balaban J connectivity index is 2.07. The van der Waals surface area contributed by atoms with Crippen LogP contribution in [0.2, 0.25) is 0 Å². The zero-order valence-electron chi connectivity index (χ0n) is 19.2. The van der Waals surface area contributed by atoms with Gasteiger partial charge in [-0.3, -0.25) is 14.5 Å². The SMILES string of the molecule is COc1ccc(C2C3=C(CC(C)(C)CC3=O)Nc3ccccc3N2C(=O)C(F)(F)F)c(OC)c1. The highest BCUT2D eigenvalue weighted by molar-refractivity contribution is 6.07. The number of ketones is 1. The molecule has 0 spiro atoms. The maximum Gasteiger partial charge on any atom is 0.471 e. The highest BCUT2D eigenvalue weighted by Crippen LogP contribution is 2.50. The number of fused-ring (bicyclic) bond motifs is 1. The lowest BCUT2D eigenvalue weighted by Gasteiger charge is -2.37. The molecule has 180 valence electrons. The van der Waals surface area contributed by atoms with Gasteiger partial charge >= 0.3 is 12.1 Å². The molecule has 0 saturated heterocycles. The summed E-state index contributed by atoms with van der Waals surface area (Å²) in [5.41, 5.74) is 0.793. The lowest BCUT2D eigenvalue weighted by molar-refractivity contribution is -0.170. The number of amides is 1. The standard InChI is InChI=1S/C25H25F3N2O4/c1-24(2)12-17-21(19(31)13-24)22(15-10-9-14(33-3)11-20(15)34-4)30(23(32)25(26,27)28)18-8-6-5-7-16(18)29-17/h5-11,22,29H,12-13H2,1-4H3. The average molecular weight is 474 g/mol. The number of para-hydroxylation sites is 2. The zero-order chi connectivity index (χ0) is 24.8. The molecule has 2 aromatic carbocycles. The van der Waals surface area contributed by atoms with E-state index in [0.717, 1.165) is 0 Å². The molecule has 34 heavy (non-hydrogen) atoms. The third kappa shape index (κ3) is 4.10. The van der Waals surface area contributed by atoms with Crippen LogP contribution in [-0.2, 0) is 9.59 Å². The number of rotatable bonds is 3. The first-order valence-electron chi connectivity index (χ1n) is 10.7. The number of Topliss-reactive ketones (excluding diaryl/α,β-unsaturated/α-hetero) is 1. The van der Waals surface area contributed by atoms with Crippen LogP contribution in [-0.4, -0.2) is 32.1 Å². The van der Waals surface area contributed by atoms with Gasteiger partial charge in [0.2, 0.25) is 0 Å². The number of benzene rings is 2. The third-order valence-corrected chi connectivity index (χ3v) is 6.10. The third-order valence-electron chi connectivity index (χ3n) is 6.10. The number of ether oxygens (including phenoxy) is 2. The summed E-state index contributed by atoms with van der Waals surface area (Å²) >= 11 is 0. The molecule has 1 unspecified atom stereocenters. The Hall–Kier alpha value is -3.49. The number of alkyl halides is 3. The lowest BCUT2D eigenvalue weighted by Crippen LogP contribution is -2.45. The molecular weight excluding hydrogens is 449 g/mol. The van der Waals surface area contributed by atoms with Gasteiger partial charge in [-0.2, -0.15) is 13.2 Å². The van der Waals surface area contributed by atoms with E-state index in [2.05, 4.69) is 5.32 Å². The number of allylic oxidation sites excluding steroid dienone is 1. The van der Waals surface area contributed by atoms with Crippen molar-refractivity contribution in [1.29, 1.82) is 0 Å². The Morgan fingerprint density at radius 1 is 1.09 bits per heavy atom. The fourth-order valence-corrected chi connectivity index (χ4v) is 4.69. The van der Waals surface area contributed by atoms with Crippen molar-refractivity contribution in [3.05, 3.63) is 59.3 Å². The maximum atomic E-state index is 13.9. The van der Waals surface area contributed by atoms with Crippen molar-refractivity contribution in [1.82, 2.24) is 0 Å². The molecule has 6 nitrogen and oxygen atoms in total. The molecule has 1 atom stereocenters. The van der Waals surface area contributed by atoms with E-state index >= 15 is 0 Å². The summed E-state index contributed by atoms with van der Waals surface area (Å²) < 4.78 is 52.5. The van der Waals surface area contributed by atoms with Crippen molar-refractivity contribution < 1.29 is 32.2 Å². The summed E-state index contributed by atoms with van der Waals surface area (Å²) in [5.74, 6) is -1.77. The number of hydrogen-bond acceptors (Lipinski definition) is 5. The Labute approximate surface area is 195 Å². The van der Waals surface area contributed by atoms with Gasteiger partial charge in [0.1, 0.15) is 11.5 Å². The largest absolute Gasteiger partial charge is 0.497 e. The van der Waals surface area contributed by atoms with Crippen LogP contribution < -0.4 is 19.7 Å². The van der Waals surface area contributed by atoms with Crippen molar-refractivity contribution in [3.8, 4) is 11.5 Å². The smallest absolute Gasteiger partial charge is 0.471 e. The molecule has 9 heteroatoms. The van der Waals surface area contributed by atoms with Crippen molar-refractivity contribution in [2.45, 2.75) is 38.9 Å². The second-order valence-corrected chi connectivity index (χ2v) is 9.16. The van der Waals surface area contributed by atoms with Gasteiger partial charge in [-0.05, 0) is 36.1 Å². The number of anilines is 2. The van der Waals surface area contributed by atoms with Gasteiger partial charge in [0.25, 0.3) is 0 Å². The Bertz CT molecular complexity index is 1190. The van der Waals surface area contributed by atoms with Crippen LogP contribution in [0.1, 0.15) is 38.3 Å². The monoisotopic (exact) mass is 474 g/mol. The minimum atomic E-state index is -5.17. The Morgan fingerprint density at radius 3 is 2.44 bits per heavy atom. The van der Waals surface area contributed by atoms with Crippen molar-refractivity contribution in [2.24, 2.45) is 5.41 Å². The summed E-state index contributed by atoms with van der Waals surface area (Å²) in [4.78, 5) is 27.1. The van der Waals surface area contributed by atoms with E-state index in [4.69, 9.17) is 9.47 Å². The van der Waals surface area contributed by atoms with E-state index in [-0.39, 0.29) is 34.8 Å². The predicted molar refractivity (Wildman–Crippen MR) is 121 cm³/mol. The molecule has 4 rings (SSSR count). The maximum absolute atomic E-state index is 13.9. The summed E-state index contributed by atoms with van der Waals surface area (Å²) in [6.07, 6.45) is -4.62. The van der Waals surface area contributed by atoms with Gasteiger partial charge < -0.3 is 14.8 Å². The summed E-state index contributed by atoms with van der Waals surface area (Å²) in [5, 5.41) is 3.18. The first-order chi connectivity index (χ1) is 16.0. The molecule has 0 saturated carbocycles. The number of halogens is 3. The summed E-state index contributed by atoms with van der Waals surface area (Å²) in [6.45, 7) is 3.85. The van der Waals surface area contributed by atoms with Crippen LogP contribution in [0, 0.1) is 5.41 Å². The first-order valence-corrected chi connectivity index (χ1v) is 10.7. The van der Waals surface area contributed by atoms with Gasteiger partial charge in [-0.25, -0.2) is 0 Å².